The average Bonchev–Trinajstić information content (AvgIpc) is 2.65. The van der Waals surface area contributed by atoms with Crippen molar-refractivity contribution in [3.8, 4) is 5.75 Å². The maximum Gasteiger partial charge on any atom is 0.258 e. The van der Waals surface area contributed by atoms with Gasteiger partial charge in [0.05, 0.1) is 0 Å². The third-order valence-corrected chi connectivity index (χ3v) is 3.78. The molecule has 0 fully saturated rings. The van der Waals surface area contributed by atoms with Crippen LogP contribution in [0.4, 0.5) is 0 Å². The highest BCUT2D eigenvalue weighted by Gasteiger charge is 2.09. The van der Waals surface area contributed by atoms with Crippen LogP contribution < -0.4 is 15.4 Å². The number of carbonyl (C=O) groups excluding carboxylic acids is 2. The quantitative estimate of drug-likeness (QED) is 0.776. The van der Waals surface area contributed by atoms with E-state index in [1.807, 2.05) is 44.2 Å². The summed E-state index contributed by atoms with van der Waals surface area (Å²) in [5, 5.41) is 5.70. The van der Waals surface area contributed by atoms with E-state index >= 15 is 0 Å². The van der Waals surface area contributed by atoms with Gasteiger partial charge >= 0.3 is 0 Å². The molecule has 25 heavy (non-hydrogen) atoms. The maximum absolute atomic E-state index is 12.2. The number of rotatable bonds is 8. The SMILES string of the molecule is CC[C@@H](C)NC(=O)COc1cccc(C(=O)NCc2ccccc2)c1. The lowest BCUT2D eigenvalue weighted by atomic mass is 10.2. The molecule has 1 atom stereocenters. The van der Waals surface area contributed by atoms with Gasteiger partial charge in [0.25, 0.3) is 11.8 Å². The Labute approximate surface area is 148 Å². The minimum absolute atomic E-state index is 0.0700. The zero-order valence-electron chi connectivity index (χ0n) is 14.6. The zero-order chi connectivity index (χ0) is 18.1. The van der Waals surface area contributed by atoms with E-state index in [0.717, 1.165) is 12.0 Å². The molecule has 0 saturated heterocycles. The largest absolute Gasteiger partial charge is 0.484 e. The Morgan fingerprint density at radius 3 is 2.56 bits per heavy atom. The van der Waals surface area contributed by atoms with Crippen LogP contribution in [0.3, 0.4) is 0 Å². The van der Waals surface area contributed by atoms with Crippen molar-refractivity contribution in [1.82, 2.24) is 10.6 Å². The highest BCUT2D eigenvalue weighted by molar-refractivity contribution is 5.94. The van der Waals surface area contributed by atoms with Gasteiger partial charge < -0.3 is 15.4 Å². The summed E-state index contributed by atoms with van der Waals surface area (Å²) in [6.07, 6.45) is 0.864. The molecule has 132 valence electrons. The van der Waals surface area contributed by atoms with E-state index in [9.17, 15) is 9.59 Å². The summed E-state index contributed by atoms with van der Waals surface area (Å²) in [6.45, 7) is 4.33. The predicted octanol–water partition coefficient (Wildman–Crippen LogP) is 2.91. The summed E-state index contributed by atoms with van der Waals surface area (Å²) in [7, 11) is 0. The van der Waals surface area contributed by atoms with Gasteiger partial charge in [0.15, 0.2) is 6.61 Å². The van der Waals surface area contributed by atoms with Crippen LogP contribution in [0.25, 0.3) is 0 Å². The van der Waals surface area contributed by atoms with Crippen LogP contribution in [-0.2, 0) is 11.3 Å². The lowest BCUT2D eigenvalue weighted by Gasteiger charge is -2.12. The van der Waals surface area contributed by atoms with E-state index < -0.39 is 0 Å². The van der Waals surface area contributed by atoms with Crippen molar-refractivity contribution < 1.29 is 14.3 Å². The van der Waals surface area contributed by atoms with Crippen LogP contribution in [0.15, 0.2) is 54.6 Å². The molecular weight excluding hydrogens is 316 g/mol. The van der Waals surface area contributed by atoms with Crippen molar-refractivity contribution in [3.63, 3.8) is 0 Å². The molecule has 5 nitrogen and oxygen atoms in total. The number of nitrogens with one attached hydrogen (secondary N) is 2. The van der Waals surface area contributed by atoms with Gasteiger partial charge in [-0.1, -0.05) is 43.3 Å². The minimum Gasteiger partial charge on any atom is -0.484 e. The van der Waals surface area contributed by atoms with Crippen molar-refractivity contribution in [1.29, 1.82) is 0 Å². The molecule has 0 spiro atoms. The third-order valence-electron chi connectivity index (χ3n) is 3.78. The second-order valence-electron chi connectivity index (χ2n) is 5.86. The summed E-state index contributed by atoms with van der Waals surface area (Å²) in [5.41, 5.74) is 1.53. The Morgan fingerprint density at radius 1 is 1.08 bits per heavy atom. The fraction of sp³-hybridized carbons (Fsp3) is 0.300. The molecule has 0 aromatic heterocycles. The number of hydrogen-bond acceptors (Lipinski definition) is 3. The molecule has 0 heterocycles. The number of hydrogen-bond donors (Lipinski definition) is 2. The number of ether oxygens (including phenoxy) is 1. The van der Waals surface area contributed by atoms with Crippen molar-refractivity contribution in [2.45, 2.75) is 32.9 Å². The molecule has 0 bridgehead atoms. The van der Waals surface area contributed by atoms with Crippen LogP contribution in [0.2, 0.25) is 0 Å². The summed E-state index contributed by atoms with van der Waals surface area (Å²) >= 11 is 0. The second kappa shape index (κ2) is 9.47. The molecule has 0 aliphatic heterocycles. The normalized spacial score (nSPS) is 11.4. The van der Waals surface area contributed by atoms with Crippen LogP contribution in [0.5, 0.6) is 5.75 Å². The fourth-order valence-electron chi connectivity index (χ4n) is 2.17. The van der Waals surface area contributed by atoms with Crippen LogP contribution in [-0.4, -0.2) is 24.5 Å². The molecular formula is C20H24N2O3. The van der Waals surface area contributed by atoms with E-state index in [1.165, 1.54) is 0 Å². The number of carbonyl (C=O) groups is 2. The molecule has 2 N–H and O–H groups in total. The van der Waals surface area contributed by atoms with E-state index in [4.69, 9.17) is 4.74 Å². The van der Waals surface area contributed by atoms with Gasteiger partial charge in [-0.2, -0.15) is 0 Å². The second-order valence-corrected chi connectivity index (χ2v) is 5.86. The summed E-state index contributed by atoms with van der Waals surface area (Å²) in [6, 6.07) is 16.6. The average molecular weight is 340 g/mol. The molecule has 5 heteroatoms. The first-order valence-corrected chi connectivity index (χ1v) is 8.43. The highest BCUT2D eigenvalue weighted by Crippen LogP contribution is 2.13. The number of amides is 2. The van der Waals surface area contributed by atoms with E-state index in [0.29, 0.717) is 17.9 Å². The van der Waals surface area contributed by atoms with Crippen LogP contribution in [0.1, 0.15) is 36.2 Å². The lowest BCUT2D eigenvalue weighted by Crippen LogP contribution is -2.35. The Bertz CT molecular complexity index is 701. The molecule has 0 saturated carbocycles. The van der Waals surface area contributed by atoms with Crippen LogP contribution in [0, 0.1) is 0 Å². The van der Waals surface area contributed by atoms with Gasteiger partial charge in [0.2, 0.25) is 0 Å². The summed E-state index contributed by atoms with van der Waals surface area (Å²) in [4.78, 5) is 24.0. The Hall–Kier alpha value is -2.82. The van der Waals surface area contributed by atoms with Gasteiger partial charge in [-0.25, -0.2) is 0 Å². The topological polar surface area (TPSA) is 67.4 Å². The molecule has 0 radical (unpaired) electrons. The van der Waals surface area contributed by atoms with E-state index in [1.54, 1.807) is 24.3 Å². The number of benzene rings is 2. The van der Waals surface area contributed by atoms with Crippen molar-refractivity contribution in [2.75, 3.05) is 6.61 Å². The summed E-state index contributed by atoms with van der Waals surface area (Å²) < 4.78 is 5.47. The minimum atomic E-state index is -0.182. The van der Waals surface area contributed by atoms with E-state index in [-0.39, 0.29) is 24.5 Å². The maximum atomic E-state index is 12.2. The zero-order valence-corrected chi connectivity index (χ0v) is 14.6. The first-order valence-electron chi connectivity index (χ1n) is 8.43. The predicted molar refractivity (Wildman–Crippen MR) is 97.4 cm³/mol. The van der Waals surface area contributed by atoms with Gasteiger partial charge in [-0.15, -0.1) is 0 Å². The lowest BCUT2D eigenvalue weighted by molar-refractivity contribution is -0.123. The first-order chi connectivity index (χ1) is 12.1. The molecule has 0 aliphatic carbocycles. The molecule has 0 unspecified atom stereocenters. The first kappa shape index (κ1) is 18.5. The molecule has 0 aliphatic rings. The molecule has 2 rings (SSSR count). The highest BCUT2D eigenvalue weighted by atomic mass is 16.5. The third kappa shape index (κ3) is 6.30. The fourth-order valence-corrected chi connectivity index (χ4v) is 2.17. The van der Waals surface area contributed by atoms with Crippen molar-refractivity contribution in [3.05, 3.63) is 65.7 Å². The standard InChI is InChI=1S/C20H24N2O3/c1-3-15(2)22-19(23)14-25-18-11-7-10-17(12-18)20(24)21-13-16-8-5-4-6-9-16/h4-12,15H,3,13-14H2,1-2H3,(H,21,24)(H,22,23)/t15-/m1/s1. The van der Waals surface area contributed by atoms with Crippen LogP contribution >= 0.6 is 0 Å². The Morgan fingerprint density at radius 2 is 1.84 bits per heavy atom. The molecule has 2 amide bonds. The molecule has 2 aromatic carbocycles. The summed E-state index contributed by atoms with van der Waals surface area (Å²) in [5.74, 6) is 0.137. The van der Waals surface area contributed by atoms with E-state index in [2.05, 4.69) is 10.6 Å². The van der Waals surface area contributed by atoms with Gasteiger partial charge in [-0.3, -0.25) is 9.59 Å². The Balaban J connectivity index is 1.87. The van der Waals surface area contributed by atoms with Gasteiger partial charge in [-0.05, 0) is 37.1 Å². The van der Waals surface area contributed by atoms with Gasteiger partial charge in [0.1, 0.15) is 5.75 Å². The van der Waals surface area contributed by atoms with Crippen molar-refractivity contribution >= 4 is 11.8 Å². The van der Waals surface area contributed by atoms with Gasteiger partial charge in [0, 0.05) is 18.2 Å². The monoisotopic (exact) mass is 340 g/mol. The smallest absolute Gasteiger partial charge is 0.258 e. The Kier molecular flexibility index (Phi) is 7.01. The molecule has 2 aromatic rings. The van der Waals surface area contributed by atoms with Crippen molar-refractivity contribution in [2.24, 2.45) is 0 Å².